The molecule has 0 radical (unpaired) electrons. The van der Waals surface area contributed by atoms with Crippen LogP contribution in [0.15, 0.2) is 18.2 Å². The van der Waals surface area contributed by atoms with Crippen LogP contribution in [0.25, 0.3) is 0 Å². The Morgan fingerprint density at radius 3 is 2.87 bits per heavy atom. The van der Waals surface area contributed by atoms with E-state index in [9.17, 15) is 4.79 Å². The highest BCUT2D eigenvalue weighted by atomic mass is 16.4. The average molecular weight is 203 g/mol. The van der Waals surface area contributed by atoms with Crippen LogP contribution in [-0.4, -0.2) is 11.1 Å². The quantitative estimate of drug-likeness (QED) is 0.814. The maximum Gasteiger partial charge on any atom is 0.307 e. The molecule has 0 aliphatic rings. The zero-order chi connectivity index (χ0) is 11.3. The molecule has 0 saturated carbocycles. The molecule has 0 aromatic heterocycles. The topological polar surface area (TPSA) is 61.1 Å². The molecule has 0 saturated heterocycles. The highest BCUT2D eigenvalue weighted by molar-refractivity contribution is 5.71. The van der Waals surface area contributed by atoms with Gasteiger partial charge in [-0.3, -0.25) is 4.79 Å². The summed E-state index contributed by atoms with van der Waals surface area (Å²) in [7, 11) is 0. The number of aryl methyl sites for hydroxylation is 2. The van der Waals surface area contributed by atoms with E-state index in [1.54, 1.807) is 0 Å². The van der Waals surface area contributed by atoms with Gasteiger partial charge in [-0.15, -0.1) is 0 Å². The fourth-order valence-electron chi connectivity index (χ4n) is 1.59. The molecule has 0 aliphatic carbocycles. The number of carbonyl (C=O) groups is 1. The van der Waals surface area contributed by atoms with Crippen LogP contribution in [0.4, 0.5) is 0 Å². The third-order valence-electron chi connectivity index (χ3n) is 2.34. The molecule has 0 heterocycles. The summed E-state index contributed by atoms with van der Waals surface area (Å²) in [6, 6.07) is 7.75. The van der Waals surface area contributed by atoms with Gasteiger partial charge >= 0.3 is 5.97 Å². The Labute approximate surface area is 89.0 Å². The summed E-state index contributed by atoms with van der Waals surface area (Å²) in [4.78, 5) is 10.7. The maximum atomic E-state index is 10.7. The lowest BCUT2D eigenvalue weighted by Gasteiger charge is -2.09. The monoisotopic (exact) mass is 203 g/mol. The normalized spacial score (nSPS) is 9.60. The molecule has 1 aromatic rings. The van der Waals surface area contributed by atoms with Gasteiger partial charge in [-0.05, 0) is 30.0 Å². The molecule has 3 heteroatoms. The predicted octanol–water partition coefficient (Wildman–Crippen LogP) is 2.08. The smallest absolute Gasteiger partial charge is 0.307 e. The number of benzene rings is 1. The van der Waals surface area contributed by atoms with Crippen molar-refractivity contribution < 1.29 is 9.90 Å². The molecule has 1 aromatic carbocycles. The third kappa shape index (κ3) is 3.10. The Kier molecular flexibility index (Phi) is 3.87. The maximum absolute atomic E-state index is 10.7. The number of carboxylic acid groups (broad SMARTS) is 1. The molecular formula is C12H13NO2. The largest absolute Gasteiger partial charge is 0.481 e. The van der Waals surface area contributed by atoms with Crippen molar-refractivity contribution in [2.24, 2.45) is 0 Å². The van der Waals surface area contributed by atoms with Gasteiger partial charge in [0.15, 0.2) is 0 Å². The molecule has 3 nitrogen and oxygen atoms in total. The van der Waals surface area contributed by atoms with Gasteiger partial charge in [-0.1, -0.05) is 18.2 Å². The van der Waals surface area contributed by atoms with Crippen molar-refractivity contribution in [3.05, 3.63) is 34.9 Å². The van der Waals surface area contributed by atoms with E-state index in [0.29, 0.717) is 12.8 Å². The van der Waals surface area contributed by atoms with Crippen molar-refractivity contribution in [1.29, 1.82) is 5.26 Å². The van der Waals surface area contributed by atoms with Crippen molar-refractivity contribution in [3.8, 4) is 6.07 Å². The second-order valence-electron chi connectivity index (χ2n) is 3.44. The molecule has 15 heavy (non-hydrogen) atoms. The van der Waals surface area contributed by atoms with Crippen LogP contribution in [0.5, 0.6) is 0 Å². The molecule has 78 valence electrons. The summed E-state index contributed by atoms with van der Waals surface area (Å²) in [6.45, 7) is 1.90. The molecule has 1 N–H and O–H groups in total. The summed E-state index contributed by atoms with van der Waals surface area (Å²) in [5.41, 5.74) is 2.80. The van der Waals surface area contributed by atoms with E-state index in [1.165, 1.54) is 0 Å². The van der Waals surface area contributed by atoms with Crippen molar-refractivity contribution in [3.63, 3.8) is 0 Å². The van der Waals surface area contributed by atoms with Gasteiger partial charge in [0.2, 0.25) is 0 Å². The Balaban J connectivity index is 2.98. The first-order valence-electron chi connectivity index (χ1n) is 4.81. The minimum absolute atomic E-state index is 0.0352. The predicted molar refractivity (Wildman–Crippen MR) is 56.5 cm³/mol. The van der Waals surface area contributed by atoms with Crippen LogP contribution in [0.3, 0.4) is 0 Å². The lowest BCUT2D eigenvalue weighted by atomic mass is 9.96. The minimum Gasteiger partial charge on any atom is -0.481 e. The fourth-order valence-corrected chi connectivity index (χ4v) is 1.59. The lowest BCUT2D eigenvalue weighted by molar-refractivity contribution is -0.136. The first-order valence-corrected chi connectivity index (χ1v) is 4.81. The molecule has 0 amide bonds. The Hall–Kier alpha value is -1.82. The summed E-state index contributed by atoms with van der Waals surface area (Å²) in [5.74, 6) is -0.831. The van der Waals surface area contributed by atoms with E-state index in [2.05, 4.69) is 6.07 Å². The summed E-state index contributed by atoms with van der Waals surface area (Å²) >= 11 is 0. The highest BCUT2D eigenvalue weighted by Gasteiger charge is 2.08. The van der Waals surface area contributed by atoms with Crippen LogP contribution in [0, 0.1) is 18.3 Å². The first kappa shape index (κ1) is 11.3. The van der Waals surface area contributed by atoms with Crippen LogP contribution < -0.4 is 0 Å². The standard InChI is InChI=1S/C12H13NO2/c1-9-4-2-5-10(6-3-7-13)11(9)8-12(14)15/h2,4-5H,3,6,8H2,1H3,(H,14,15). The zero-order valence-corrected chi connectivity index (χ0v) is 8.66. The summed E-state index contributed by atoms with van der Waals surface area (Å²) in [6.07, 6.45) is 1.09. The molecule has 0 spiro atoms. The van der Waals surface area contributed by atoms with Crippen molar-refractivity contribution in [2.75, 3.05) is 0 Å². The lowest BCUT2D eigenvalue weighted by Crippen LogP contribution is -2.05. The van der Waals surface area contributed by atoms with Crippen LogP contribution >= 0.6 is 0 Å². The molecule has 1 rings (SSSR count). The SMILES string of the molecule is Cc1cccc(CCC#N)c1CC(=O)O. The Morgan fingerprint density at radius 2 is 2.27 bits per heavy atom. The number of rotatable bonds is 4. The third-order valence-corrected chi connectivity index (χ3v) is 2.34. The van der Waals surface area contributed by atoms with Crippen molar-refractivity contribution >= 4 is 5.97 Å². The molecule has 0 atom stereocenters. The van der Waals surface area contributed by atoms with Crippen molar-refractivity contribution in [2.45, 2.75) is 26.2 Å². The second kappa shape index (κ2) is 5.16. The number of nitriles is 1. The molecule has 0 unspecified atom stereocenters. The van der Waals surface area contributed by atoms with Crippen LogP contribution in [0.2, 0.25) is 0 Å². The van der Waals surface area contributed by atoms with Gasteiger partial charge in [-0.2, -0.15) is 5.26 Å². The second-order valence-corrected chi connectivity index (χ2v) is 3.44. The van der Waals surface area contributed by atoms with Gasteiger partial charge in [0.1, 0.15) is 0 Å². The van der Waals surface area contributed by atoms with E-state index in [-0.39, 0.29) is 6.42 Å². The summed E-state index contributed by atoms with van der Waals surface area (Å²) in [5, 5.41) is 17.3. The van der Waals surface area contributed by atoms with Gasteiger partial charge < -0.3 is 5.11 Å². The van der Waals surface area contributed by atoms with E-state index < -0.39 is 5.97 Å². The minimum atomic E-state index is -0.831. The summed E-state index contributed by atoms with van der Waals surface area (Å²) < 4.78 is 0. The molecule has 0 bridgehead atoms. The molecule has 0 fully saturated rings. The zero-order valence-electron chi connectivity index (χ0n) is 8.66. The Bertz CT molecular complexity index is 405. The molecular weight excluding hydrogens is 190 g/mol. The number of hydrogen-bond acceptors (Lipinski definition) is 2. The van der Waals surface area contributed by atoms with Gasteiger partial charge in [0.05, 0.1) is 12.5 Å². The molecule has 0 aliphatic heterocycles. The fraction of sp³-hybridized carbons (Fsp3) is 0.333. The number of nitrogens with zero attached hydrogens (tertiary/aromatic N) is 1. The number of carboxylic acids is 1. The van der Waals surface area contributed by atoms with Gasteiger partial charge in [0, 0.05) is 6.42 Å². The first-order chi connectivity index (χ1) is 7.15. The van der Waals surface area contributed by atoms with Gasteiger partial charge in [-0.25, -0.2) is 0 Å². The van der Waals surface area contributed by atoms with E-state index in [1.807, 2.05) is 25.1 Å². The van der Waals surface area contributed by atoms with E-state index in [0.717, 1.165) is 16.7 Å². The van der Waals surface area contributed by atoms with E-state index in [4.69, 9.17) is 10.4 Å². The average Bonchev–Trinajstić information content (AvgIpc) is 2.18. The van der Waals surface area contributed by atoms with E-state index >= 15 is 0 Å². The van der Waals surface area contributed by atoms with Crippen LogP contribution in [0.1, 0.15) is 23.1 Å². The number of hydrogen-bond donors (Lipinski definition) is 1. The Morgan fingerprint density at radius 1 is 1.53 bits per heavy atom. The highest BCUT2D eigenvalue weighted by Crippen LogP contribution is 2.16. The number of aliphatic carboxylic acids is 1. The van der Waals surface area contributed by atoms with Gasteiger partial charge in [0.25, 0.3) is 0 Å². The van der Waals surface area contributed by atoms with Crippen molar-refractivity contribution in [1.82, 2.24) is 0 Å². The van der Waals surface area contributed by atoms with Crippen LogP contribution in [-0.2, 0) is 17.6 Å².